The summed E-state index contributed by atoms with van der Waals surface area (Å²) in [6.45, 7) is 0.602. The van der Waals surface area contributed by atoms with E-state index in [1.807, 2.05) is 18.2 Å². The Bertz CT molecular complexity index is 987. The minimum absolute atomic E-state index is 0.0830. The molecule has 0 radical (unpaired) electrons. The van der Waals surface area contributed by atoms with Gasteiger partial charge in [0, 0.05) is 25.2 Å². The second kappa shape index (κ2) is 10.3. The van der Waals surface area contributed by atoms with Crippen molar-refractivity contribution in [2.75, 3.05) is 19.7 Å². The van der Waals surface area contributed by atoms with Crippen molar-refractivity contribution in [1.82, 2.24) is 10.2 Å². The van der Waals surface area contributed by atoms with Crippen molar-refractivity contribution in [3.8, 4) is 5.75 Å². The predicted molar refractivity (Wildman–Crippen MR) is 110 cm³/mol. The van der Waals surface area contributed by atoms with Gasteiger partial charge in [-0.1, -0.05) is 24.3 Å². The SMILES string of the molecule is O=C(c1ccc(OC/C(=C/F)CCNC(=O)C(F)(F)F)cc1)N1CCc2ccccc2C1. The van der Waals surface area contributed by atoms with Gasteiger partial charge in [-0.2, -0.15) is 13.2 Å². The van der Waals surface area contributed by atoms with E-state index in [4.69, 9.17) is 4.74 Å². The molecule has 0 aromatic heterocycles. The van der Waals surface area contributed by atoms with Crippen LogP contribution in [-0.4, -0.2) is 42.6 Å². The number of halogens is 4. The molecule has 0 unspecified atom stereocenters. The van der Waals surface area contributed by atoms with Crippen LogP contribution in [0.15, 0.2) is 60.4 Å². The first-order valence-corrected chi connectivity index (χ1v) is 10.00. The first kappa shape index (κ1) is 23.3. The van der Waals surface area contributed by atoms with Crippen LogP contribution in [0, 0.1) is 0 Å². The van der Waals surface area contributed by atoms with Crippen molar-refractivity contribution in [3.63, 3.8) is 0 Å². The highest BCUT2D eigenvalue weighted by atomic mass is 19.4. The topological polar surface area (TPSA) is 58.6 Å². The van der Waals surface area contributed by atoms with Gasteiger partial charge in [-0.05, 0) is 53.8 Å². The summed E-state index contributed by atoms with van der Waals surface area (Å²) in [5, 5.41) is 1.67. The number of ether oxygens (including phenoxy) is 1. The maximum atomic E-state index is 13.0. The molecule has 0 saturated carbocycles. The Kier molecular flexibility index (Phi) is 7.50. The van der Waals surface area contributed by atoms with E-state index in [9.17, 15) is 27.2 Å². The minimum atomic E-state index is -4.98. The molecule has 3 rings (SSSR count). The molecule has 9 heteroatoms. The highest BCUT2D eigenvalue weighted by molar-refractivity contribution is 5.94. The van der Waals surface area contributed by atoms with Crippen molar-refractivity contribution in [1.29, 1.82) is 0 Å². The Hall–Kier alpha value is -3.36. The summed E-state index contributed by atoms with van der Waals surface area (Å²) in [5.74, 6) is -1.80. The van der Waals surface area contributed by atoms with Crippen molar-refractivity contribution >= 4 is 11.8 Å². The third-order valence-corrected chi connectivity index (χ3v) is 5.09. The number of fused-ring (bicyclic) bond motifs is 1. The lowest BCUT2D eigenvalue weighted by atomic mass is 9.99. The molecule has 0 bridgehead atoms. The quantitative estimate of drug-likeness (QED) is 0.644. The smallest absolute Gasteiger partial charge is 0.471 e. The number of rotatable bonds is 7. The average Bonchev–Trinajstić information content (AvgIpc) is 2.80. The molecule has 1 N–H and O–H groups in total. The first-order chi connectivity index (χ1) is 15.3. The van der Waals surface area contributed by atoms with E-state index in [-0.39, 0.29) is 37.4 Å². The summed E-state index contributed by atoms with van der Waals surface area (Å²) < 4.78 is 54.9. The summed E-state index contributed by atoms with van der Waals surface area (Å²) in [6, 6.07) is 14.4. The molecule has 32 heavy (non-hydrogen) atoms. The molecule has 170 valence electrons. The maximum absolute atomic E-state index is 13.0. The van der Waals surface area contributed by atoms with Crippen molar-refractivity contribution in [2.24, 2.45) is 0 Å². The van der Waals surface area contributed by atoms with E-state index in [0.717, 1.165) is 12.0 Å². The fraction of sp³-hybridized carbons (Fsp3) is 0.304. The Morgan fingerprint density at radius 2 is 1.75 bits per heavy atom. The molecule has 0 atom stereocenters. The Labute approximate surface area is 182 Å². The largest absolute Gasteiger partial charge is 0.489 e. The summed E-state index contributed by atoms with van der Waals surface area (Å²) in [5.41, 5.74) is 2.95. The van der Waals surface area contributed by atoms with E-state index in [1.54, 1.807) is 34.5 Å². The second-order valence-corrected chi connectivity index (χ2v) is 7.33. The van der Waals surface area contributed by atoms with Crippen LogP contribution < -0.4 is 10.1 Å². The van der Waals surface area contributed by atoms with Crippen LogP contribution in [0.25, 0.3) is 0 Å². The lowest BCUT2D eigenvalue weighted by molar-refractivity contribution is -0.173. The standard InChI is InChI=1S/C23H22F4N2O3/c24-13-16(9-11-28-22(31)23(25,26)27)15-32-20-7-5-18(6-8-20)21(30)29-12-10-17-3-1-2-4-19(17)14-29/h1-8,13H,9-12,14-15H2,(H,28,31)/b16-13+. The van der Waals surface area contributed by atoms with E-state index >= 15 is 0 Å². The molecular weight excluding hydrogens is 428 g/mol. The van der Waals surface area contributed by atoms with Gasteiger partial charge in [0.15, 0.2) is 0 Å². The summed E-state index contributed by atoms with van der Waals surface area (Å²) >= 11 is 0. The van der Waals surface area contributed by atoms with Crippen molar-refractivity contribution in [2.45, 2.75) is 25.6 Å². The number of hydrogen-bond donors (Lipinski definition) is 1. The third kappa shape index (κ3) is 6.09. The van der Waals surface area contributed by atoms with Crippen LogP contribution in [0.5, 0.6) is 5.75 Å². The predicted octanol–water partition coefficient (Wildman–Crippen LogP) is 4.19. The fourth-order valence-electron chi connectivity index (χ4n) is 3.32. The molecule has 1 heterocycles. The van der Waals surface area contributed by atoms with Crippen molar-refractivity contribution < 1.29 is 31.9 Å². The molecule has 2 amide bonds. The summed E-state index contributed by atoms with van der Waals surface area (Å²) in [7, 11) is 0. The molecule has 2 aromatic carbocycles. The maximum Gasteiger partial charge on any atom is 0.471 e. The van der Waals surface area contributed by atoms with Crippen LogP contribution in [0.1, 0.15) is 27.9 Å². The lowest BCUT2D eigenvalue weighted by Gasteiger charge is -2.29. The zero-order valence-electron chi connectivity index (χ0n) is 17.1. The third-order valence-electron chi connectivity index (χ3n) is 5.09. The highest BCUT2D eigenvalue weighted by Gasteiger charge is 2.38. The van der Waals surface area contributed by atoms with E-state index < -0.39 is 12.1 Å². The first-order valence-electron chi connectivity index (χ1n) is 10.00. The Balaban J connectivity index is 1.49. The Morgan fingerprint density at radius 1 is 1.06 bits per heavy atom. The van der Waals surface area contributed by atoms with Crippen LogP contribution in [0.3, 0.4) is 0 Å². The van der Waals surface area contributed by atoms with Crippen molar-refractivity contribution in [3.05, 3.63) is 77.1 Å². The molecule has 0 fully saturated rings. The number of carbonyl (C=O) groups is 2. The molecule has 2 aromatic rings. The van der Waals surface area contributed by atoms with E-state index in [0.29, 0.717) is 24.4 Å². The second-order valence-electron chi connectivity index (χ2n) is 7.33. The van der Waals surface area contributed by atoms with Gasteiger partial charge in [0.05, 0.1) is 6.33 Å². The number of carbonyl (C=O) groups excluding carboxylic acids is 2. The van der Waals surface area contributed by atoms with Crippen LogP contribution in [0.2, 0.25) is 0 Å². The van der Waals surface area contributed by atoms with Gasteiger partial charge in [-0.15, -0.1) is 0 Å². The normalized spacial score (nSPS) is 14.0. The number of benzene rings is 2. The summed E-state index contributed by atoms with van der Waals surface area (Å²) in [4.78, 5) is 25.3. The zero-order chi connectivity index (χ0) is 23.1. The number of alkyl halides is 3. The van der Waals surface area contributed by atoms with E-state index in [2.05, 4.69) is 6.07 Å². The minimum Gasteiger partial charge on any atom is -0.489 e. The number of amides is 2. The molecule has 0 aliphatic carbocycles. The molecule has 0 spiro atoms. The average molecular weight is 450 g/mol. The van der Waals surface area contributed by atoms with Gasteiger partial charge in [0.2, 0.25) is 0 Å². The monoisotopic (exact) mass is 450 g/mol. The molecular formula is C23H22F4N2O3. The zero-order valence-corrected chi connectivity index (χ0v) is 17.1. The van der Waals surface area contributed by atoms with Crippen LogP contribution in [0.4, 0.5) is 17.6 Å². The molecule has 1 aliphatic heterocycles. The van der Waals surface area contributed by atoms with Gasteiger partial charge in [0.25, 0.3) is 5.91 Å². The highest BCUT2D eigenvalue weighted by Crippen LogP contribution is 2.22. The fourth-order valence-corrected chi connectivity index (χ4v) is 3.32. The Morgan fingerprint density at radius 3 is 2.41 bits per heavy atom. The van der Waals surface area contributed by atoms with Gasteiger partial charge in [-0.3, -0.25) is 9.59 Å². The molecule has 0 saturated heterocycles. The van der Waals surface area contributed by atoms with Gasteiger partial charge < -0.3 is 15.0 Å². The van der Waals surface area contributed by atoms with Crippen LogP contribution in [-0.2, 0) is 17.8 Å². The summed E-state index contributed by atoms with van der Waals surface area (Å²) in [6.07, 6.45) is -4.07. The number of nitrogens with zero attached hydrogens (tertiary/aromatic N) is 1. The van der Waals surface area contributed by atoms with Crippen LogP contribution >= 0.6 is 0 Å². The number of nitrogens with one attached hydrogen (secondary N) is 1. The van der Waals surface area contributed by atoms with Gasteiger partial charge in [0.1, 0.15) is 12.4 Å². The lowest BCUT2D eigenvalue weighted by Crippen LogP contribution is -2.37. The molecule has 5 nitrogen and oxygen atoms in total. The number of hydrogen-bond acceptors (Lipinski definition) is 3. The van der Waals surface area contributed by atoms with E-state index in [1.165, 1.54) is 5.56 Å². The van der Waals surface area contributed by atoms with Gasteiger partial charge in [-0.25, -0.2) is 4.39 Å². The molecule has 1 aliphatic rings. The van der Waals surface area contributed by atoms with Gasteiger partial charge >= 0.3 is 12.1 Å².